The van der Waals surface area contributed by atoms with Gasteiger partial charge in [-0.3, -0.25) is 9.59 Å². The van der Waals surface area contributed by atoms with Crippen LogP contribution in [-0.2, 0) is 7.05 Å². The molecule has 2 aromatic heterocycles. The fourth-order valence-corrected chi connectivity index (χ4v) is 4.12. The Morgan fingerprint density at radius 1 is 1.16 bits per heavy atom. The third-order valence-corrected chi connectivity index (χ3v) is 5.72. The normalized spacial score (nSPS) is 15.3. The molecule has 1 saturated heterocycles. The molecule has 25 heavy (non-hydrogen) atoms. The summed E-state index contributed by atoms with van der Waals surface area (Å²) < 4.78 is 1.33. The zero-order valence-corrected chi connectivity index (χ0v) is 15.9. The monoisotopic (exact) mass is 361 g/mol. The number of rotatable bonds is 2. The highest BCUT2D eigenvalue weighted by Crippen LogP contribution is 2.29. The molecule has 0 unspecified atom stereocenters. The Morgan fingerprint density at radius 3 is 2.68 bits per heavy atom. The van der Waals surface area contributed by atoms with Crippen molar-refractivity contribution in [2.24, 2.45) is 7.05 Å². The zero-order valence-electron chi connectivity index (χ0n) is 15.0. The molecule has 0 spiro atoms. The number of aromatic nitrogens is 3. The van der Waals surface area contributed by atoms with Crippen LogP contribution in [0.4, 0.5) is 0 Å². The summed E-state index contributed by atoms with van der Waals surface area (Å²) in [5, 5.41) is 8.10. The molecule has 0 bridgehead atoms. The molecule has 1 amide bonds. The van der Waals surface area contributed by atoms with Crippen molar-refractivity contribution in [2.75, 3.05) is 26.2 Å². The lowest BCUT2D eigenvalue weighted by molar-refractivity contribution is 0.0770. The highest BCUT2D eigenvalue weighted by Gasteiger charge is 2.24. The van der Waals surface area contributed by atoms with Gasteiger partial charge >= 0.3 is 0 Å². The van der Waals surface area contributed by atoms with E-state index in [-0.39, 0.29) is 11.5 Å². The quantitative estimate of drug-likeness (QED) is 0.871. The van der Waals surface area contributed by atoms with E-state index in [9.17, 15) is 9.59 Å². The Labute approximate surface area is 150 Å². The van der Waals surface area contributed by atoms with E-state index < -0.39 is 0 Å². The van der Waals surface area contributed by atoms with Crippen LogP contribution in [0.5, 0.6) is 0 Å². The molecular formula is C17H23N5O2S. The van der Waals surface area contributed by atoms with Crippen molar-refractivity contribution >= 4 is 17.2 Å². The summed E-state index contributed by atoms with van der Waals surface area (Å²) in [6, 6.07) is 0. The maximum Gasteiger partial charge on any atom is 0.277 e. The van der Waals surface area contributed by atoms with Gasteiger partial charge in [-0.1, -0.05) is 0 Å². The van der Waals surface area contributed by atoms with E-state index >= 15 is 0 Å². The van der Waals surface area contributed by atoms with Crippen LogP contribution >= 0.6 is 11.3 Å². The third-order valence-electron chi connectivity index (χ3n) is 4.56. The molecule has 0 aromatic carbocycles. The van der Waals surface area contributed by atoms with Crippen LogP contribution in [0.2, 0.25) is 0 Å². The van der Waals surface area contributed by atoms with Crippen LogP contribution in [0.1, 0.15) is 33.0 Å². The minimum atomic E-state index is -0.185. The summed E-state index contributed by atoms with van der Waals surface area (Å²) in [4.78, 5) is 32.5. The molecule has 1 N–H and O–H groups in total. The summed E-state index contributed by atoms with van der Waals surface area (Å²) in [5.41, 5.74) is 2.64. The van der Waals surface area contributed by atoms with Crippen LogP contribution in [0.25, 0.3) is 10.6 Å². The van der Waals surface area contributed by atoms with E-state index in [4.69, 9.17) is 0 Å². The van der Waals surface area contributed by atoms with Gasteiger partial charge in [-0.2, -0.15) is 5.10 Å². The molecule has 8 heteroatoms. The van der Waals surface area contributed by atoms with Crippen molar-refractivity contribution < 1.29 is 4.79 Å². The van der Waals surface area contributed by atoms with E-state index in [1.165, 1.54) is 16.0 Å². The van der Waals surface area contributed by atoms with Crippen LogP contribution in [0, 0.1) is 20.8 Å². The van der Waals surface area contributed by atoms with Gasteiger partial charge in [0.05, 0.1) is 17.0 Å². The number of carbonyl (C=O) groups excluding carboxylic acids is 1. The highest BCUT2D eigenvalue weighted by molar-refractivity contribution is 7.17. The molecule has 0 saturated carbocycles. The molecule has 0 atom stereocenters. The third kappa shape index (κ3) is 3.36. The molecule has 1 aliphatic rings. The average Bonchev–Trinajstić information content (AvgIpc) is 2.78. The minimum absolute atomic E-state index is 0.00482. The first-order chi connectivity index (χ1) is 11.9. The molecule has 3 rings (SSSR count). The summed E-state index contributed by atoms with van der Waals surface area (Å²) in [5.74, 6) is 0.00482. The van der Waals surface area contributed by atoms with Gasteiger partial charge in [0.15, 0.2) is 0 Å². The Morgan fingerprint density at radius 2 is 1.92 bits per heavy atom. The van der Waals surface area contributed by atoms with Crippen molar-refractivity contribution in [3.63, 3.8) is 0 Å². The number of nitrogens with zero attached hydrogens (tertiary/aromatic N) is 4. The molecule has 134 valence electrons. The Hall–Kier alpha value is -2.06. The lowest BCUT2D eigenvalue weighted by Gasteiger charge is -2.19. The Kier molecular flexibility index (Phi) is 5.01. The molecule has 1 fully saturated rings. The number of hydrogen-bond donors (Lipinski definition) is 1. The lowest BCUT2D eigenvalue weighted by atomic mass is 10.1. The van der Waals surface area contributed by atoms with E-state index in [0.29, 0.717) is 27.7 Å². The van der Waals surface area contributed by atoms with Crippen molar-refractivity contribution in [3.05, 3.63) is 32.2 Å². The van der Waals surface area contributed by atoms with Crippen molar-refractivity contribution in [1.29, 1.82) is 0 Å². The summed E-state index contributed by atoms with van der Waals surface area (Å²) in [6.07, 6.45) is 0.944. The van der Waals surface area contributed by atoms with Gasteiger partial charge in [0, 0.05) is 26.7 Å². The highest BCUT2D eigenvalue weighted by atomic mass is 32.1. The van der Waals surface area contributed by atoms with E-state index in [1.54, 1.807) is 7.05 Å². The molecular weight excluding hydrogens is 338 g/mol. The van der Waals surface area contributed by atoms with Gasteiger partial charge in [0.2, 0.25) is 0 Å². The molecule has 3 heterocycles. The first kappa shape index (κ1) is 17.8. The number of aryl methyl sites for hydroxylation is 3. The second kappa shape index (κ2) is 7.05. The molecule has 2 aromatic rings. The maximum atomic E-state index is 12.9. The summed E-state index contributed by atoms with van der Waals surface area (Å²) in [6.45, 7) is 8.75. The predicted octanol–water partition coefficient (Wildman–Crippen LogP) is 1.26. The first-order valence-corrected chi connectivity index (χ1v) is 9.24. The van der Waals surface area contributed by atoms with Gasteiger partial charge in [-0.25, -0.2) is 9.67 Å². The summed E-state index contributed by atoms with van der Waals surface area (Å²) >= 11 is 1.30. The van der Waals surface area contributed by atoms with Crippen molar-refractivity contribution in [3.8, 4) is 10.6 Å². The standard InChI is InChI=1S/C17H23N5O2S/c1-10-11(2)20-21(4)16(23)13(10)15-19-12(3)14(25-15)17(24)22-8-5-6-18-7-9-22/h18H,5-9H2,1-4H3. The fraction of sp³-hybridized carbons (Fsp3) is 0.529. The molecule has 0 radical (unpaired) electrons. The van der Waals surface area contributed by atoms with E-state index in [0.717, 1.165) is 37.3 Å². The van der Waals surface area contributed by atoms with Gasteiger partial charge < -0.3 is 10.2 Å². The van der Waals surface area contributed by atoms with Crippen molar-refractivity contribution in [2.45, 2.75) is 27.2 Å². The largest absolute Gasteiger partial charge is 0.337 e. The predicted molar refractivity (Wildman–Crippen MR) is 98.2 cm³/mol. The molecule has 7 nitrogen and oxygen atoms in total. The maximum absolute atomic E-state index is 12.9. The first-order valence-electron chi connectivity index (χ1n) is 8.42. The molecule has 0 aliphatic carbocycles. The topological polar surface area (TPSA) is 80.1 Å². The SMILES string of the molecule is Cc1nc(-c2c(C)c(C)nn(C)c2=O)sc1C(=O)N1CCCNCC1. The number of carbonyl (C=O) groups is 1. The Bertz CT molecular complexity index is 863. The fourth-order valence-electron chi connectivity index (χ4n) is 2.99. The van der Waals surface area contributed by atoms with Crippen LogP contribution in [0.15, 0.2) is 4.79 Å². The lowest BCUT2D eigenvalue weighted by Crippen LogP contribution is -2.34. The number of nitrogens with one attached hydrogen (secondary N) is 1. The smallest absolute Gasteiger partial charge is 0.277 e. The number of thiazole rings is 1. The number of amides is 1. The van der Waals surface area contributed by atoms with Gasteiger partial charge in [0.25, 0.3) is 11.5 Å². The average molecular weight is 361 g/mol. The van der Waals surface area contributed by atoms with Crippen LogP contribution in [-0.4, -0.2) is 51.8 Å². The van der Waals surface area contributed by atoms with Crippen LogP contribution < -0.4 is 10.9 Å². The second-order valence-electron chi connectivity index (χ2n) is 6.34. The molecule has 1 aliphatic heterocycles. The van der Waals surface area contributed by atoms with E-state index in [2.05, 4.69) is 15.4 Å². The van der Waals surface area contributed by atoms with E-state index in [1.807, 2.05) is 25.7 Å². The zero-order chi connectivity index (χ0) is 18.1. The van der Waals surface area contributed by atoms with Crippen molar-refractivity contribution in [1.82, 2.24) is 25.0 Å². The number of hydrogen-bond acceptors (Lipinski definition) is 6. The second-order valence-corrected chi connectivity index (χ2v) is 7.34. The van der Waals surface area contributed by atoms with Gasteiger partial charge in [-0.15, -0.1) is 11.3 Å². The Balaban J connectivity index is 2.01. The van der Waals surface area contributed by atoms with Crippen LogP contribution in [0.3, 0.4) is 0 Å². The minimum Gasteiger partial charge on any atom is -0.337 e. The van der Waals surface area contributed by atoms with Gasteiger partial charge in [0.1, 0.15) is 9.88 Å². The summed E-state index contributed by atoms with van der Waals surface area (Å²) in [7, 11) is 1.63. The van der Waals surface area contributed by atoms with Gasteiger partial charge in [-0.05, 0) is 39.3 Å².